The number of hydrogen-bond acceptors (Lipinski definition) is 4. The van der Waals surface area contributed by atoms with Gasteiger partial charge in [-0.2, -0.15) is 11.8 Å². The molecule has 1 aromatic rings. The predicted octanol–water partition coefficient (Wildman–Crippen LogP) is 2.63. The number of aromatic hydroxyl groups is 1. The molecule has 0 aromatic heterocycles. The van der Waals surface area contributed by atoms with Crippen LogP contribution < -0.4 is 10.1 Å². The molecule has 96 valence electrons. The average molecular weight is 255 g/mol. The van der Waals surface area contributed by atoms with Gasteiger partial charge in [-0.1, -0.05) is 13.0 Å². The number of benzene rings is 1. The third-order valence-electron chi connectivity index (χ3n) is 2.47. The molecule has 1 unspecified atom stereocenters. The molecule has 0 aliphatic rings. The first-order chi connectivity index (χ1) is 8.17. The Kier molecular flexibility index (Phi) is 6.22. The van der Waals surface area contributed by atoms with Gasteiger partial charge in [-0.25, -0.2) is 0 Å². The van der Waals surface area contributed by atoms with Gasteiger partial charge in [0.1, 0.15) is 0 Å². The second-order valence-electron chi connectivity index (χ2n) is 3.95. The van der Waals surface area contributed by atoms with E-state index in [-0.39, 0.29) is 5.75 Å². The summed E-state index contributed by atoms with van der Waals surface area (Å²) in [5.74, 6) is 2.98. The summed E-state index contributed by atoms with van der Waals surface area (Å²) < 4.78 is 5.08. The fourth-order valence-corrected chi connectivity index (χ4v) is 2.18. The number of hydrogen-bond donors (Lipinski definition) is 2. The highest BCUT2D eigenvalue weighted by Crippen LogP contribution is 2.26. The molecule has 0 amide bonds. The van der Waals surface area contributed by atoms with Gasteiger partial charge in [0.05, 0.1) is 7.11 Å². The summed E-state index contributed by atoms with van der Waals surface area (Å²) >= 11 is 1.93. The highest BCUT2D eigenvalue weighted by atomic mass is 32.2. The maximum Gasteiger partial charge on any atom is 0.160 e. The van der Waals surface area contributed by atoms with Crippen molar-refractivity contribution in [2.24, 2.45) is 0 Å². The zero-order valence-corrected chi connectivity index (χ0v) is 11.5. The van der Waals surface area contributed by atoms with E-state index in [2.05, 4.69) is 19.2 Å². The summed E-state index contributed by atoms with van der Waals surface area (Å²) in [4.78, 5) is 0. The van der Waals surface area contributed by atoms with Crippen LogP contribution in [0.25, 0.3) is 0 Å². The van der Waals surface area contributed by atoms with E-state index in [1.807, 2.05) is 23.9 Å². The van der Waals surface area contributed by atoms with Gasteiger partial charge in [-0.3, -0.25) is 0 Å². The molecule has 0 aliphatic heterocycles. The Labute approximate surface area is 108 Å². The van der Waals surface area contributed by atoms with E-state index in [9.17, 15) is 5.11 Å². The molecule has 17 heavy (non-hydrogen) atoms. The Morgan fingerprint density at radius 1 is 1.47 bits per heavy atom. The Morgan fingerprint density at radius 3 is 2.88 bits per heavy atom. The first kappa shape index (κ1) is 14.2. The number of ether oxygens (including phenoxy) is 1. The number of thioether (sulfide) groups is 1. The van der Waals surface area contributed by atoms with Crippen LogP contribution in [0.3, 0.4) is 0 Å². The molecule has 3 nitrogen and oxygen atoms in total. The molecule has 0 aliphatic carbocycles. The topological polar surface area (TPSA) is 41.5 Å². The summed E-state index contributed by atoms with van der Waals surface area (Å²) in [7, 11) is 1.56. The molecule has 0 fully saturated rings. The van der Waals surface area contributed by atoms with Crippen molar-refractivity contribution in [2.45, 2.75) is 26.4 Å². The lowest BCUT2D eigenvalue weighted by atomic mass is 10.2. The van der Waals surface area contributed by atoms with Crippen molar-refractivity contribution >= 4 is 11.8 Å². The molecule has 4 heteroatoms. The number of phenols is 1. The van der Waals surface area contributed by atoms with Gasteiger partial charge in [0.2, 0.25) is 0 Å². The first-order valence-electron chi connectivity index (χ1n) is 5.84. The van der Waals surface area contributed by atoms with Crippen molar-refractivity contribution in [1.29, 1.82) is 0 Å². The zero-order valence-electron chi connectivity index (χ0n) is 10.7. The zero-order chi connectivity index (χ0) is 12.7. The third kappa shape index (κ3) is 4.88. The van der Waals surface area contributed by atoms with Gasteiger partial charge in [0.25, 0.3) is 0 Å². The van der Waals surface area contributed by atoms with Crippen LogP contribution in [0, 0.1) is 0 Å². The van der Waals surface area contributed by atoms with Gasteiger partial charge < -0.3 is 15.2 Å². The Bertz CT molecular complexity index is 344. The van der Waals surface area contributed by atoms with Crippen LogP contribution in [0.5, 0.6) is 11.5 Å². The van der Waals surface area contributed by atoms with Gasteiger partial charge >= 0.3 is 0 Å². The second-order valence-corrected chi connectivity index (χ2v) is 5.27. The Morgan fingerprint density at radius 2 is 2.24 bits per heavy atom. The smallest absolute Gasteiger partial charge is 0.160 e. The molecule has 0 radical (unpaired) electrons. The number of nitrogens with one attached hydrogen (secondary N) is 1. The predicted molar refractivity (Wildman–Crippen MR) is 74.0 cm³/mol. The van der Waals surface area contributed by atoms with Crippen molar-refractivity contribution in [3.8, 4) is 11.5 Å². The molecular formula is C13H21NO2S. The number of methoxy groups -OCH3 is 1. The van der Waals surface area contributed by atoms with E-state index < -0.39 is 0 Å². The van der Waals surface area contributed by atoms with E-state index in [0.717, 1.165) is 23.6 Å². The monoisotopic (exact) mass is 255 g/mol. The largest absolute Gasteiger partial charge is 0.504 e. The maximum atomic E-state index is 9.48. The van der Waals surface area contributed by atoms with Gasteiger partial charge in [-0.15, -0.1) is 0 Å². The van der Waals surface area contributed by atoms with Crippen LogP contribution in [-0.4, -0.2) is 29.8 Å². The SMILES string of the molecule is CCSCC(C)NCc1ccc(O)c(OC)c1. The standard InChI is InChI=1S/C13H21NO2S/c1-4-17-9-10(2)14-8-11-5-6-12(15)13(7-11)16-3/h5-7,10,14-15H,4,8-9H2,1-3H3. The minimum absolute atomic E-state index is 0.186. The molecule has 1 atom stereocenters. The fraction of sp³-hybridized carbons (Fsp3) is 0.538. The fourth-order valence-electron chi connectivity index (χ4n) is 1.48. The molecule has 0 spiro atoms. The number of rotatable bonds is 7. The molecule has 0 saturated carbocycles. The Balaban J connectivity index is 2.46. The van der Waals surface area contributed by atoms with Crippen molar-refractivity contribution < 1.29 is 9.84 Å². The van der Waals surface area contributed by atoms with Gasteiger partial charge in [-0.05, 0) is 30.4 Å². The minimum Gasteiger partial charge on any atom is -0.504 e. The van der Waals surface area contributed by atoms with Crippen molar-refractivity contribution in [3.05, 3.63) is 23.8 Å². The van der Waals surface area contributed by atoms with Crippen LogP contribution >= 0.6 is 11.8 Å². The molecule has 1 rings (SSSR count). The summed E-state index contributed by atoms with van der Waals surface area (Å²) in [6.45, 7) is 5.14. The highest BCUT2D eigenvalue weighted by Gasteiger charge is 2.04. The molecule has 0 bridgehead atoms. The lowest BCUT2D eigenvalue weighted by Crippen LogP contribution is -2.27. The minimum atomic E-state index is 0.186. The van der Waals surface area contributed by atoms with Gasteiger partial charge in [0.15, 0.2) is 11.5 Å². The van der Waals surface area contributed by atoms with Crippen LogP contribution in [0.1, 0.15) is 19.4 Å². The van der Waals surface area contributed by atoms with Gasteiger partial charge in [0, 0.05) is 18.3 Å². The average Bonchev–Trinajstić information content (AvgIpc) is 2.35. The van der Waals surface area contributed by atoms with Crippen molar-refractivity contribution in [1.82, 2.24) is 5.32 Å². The van der Waals surface area contributed by atoms with Crippen molar-refractivity contribution in [2.75, 3.05) is 18.6 Å². The van der Waals surface area contributed by atoms with Crippen LogP contribution in [0.15, 0.2) is 18.2 Å². The van der Waals surface area contributed by atoms with E-state index >= 15 is 0 Å². The highest BCUT2D eigenvalue weighted by molar-refractivity contribution is 7.99. The van der Waals surface area contributed by atoms with Crippen LogP contribution in [0.2, 0.25) is 0 Å². The maximum absolute atomic E-state index is 9.48. The van der Waals surface area contributed by atoms with E-state index in [0.29, 0.717) is 11.8 Å². The second kappa shape index (κ2) is 7.45. The lowest BCUT2D eigenvalue weighted by Gasteiger charge is -2.13. The quantitative estimate of drug-likeness (QED) is 0.786. The molecule has 0 saturated heterocycles. The Hall–Kier alpha value is -0.870. The third-order valence-corrected chi connectivity index (χ3v) is 3.61. The molecule has 1 aromatic carbocycles. The van der Waals surface area contributed by atoms with E-state index in [4.69, 9.17) is 4.74 Å². The lowest BCUT2D eigenvalue weighted by molar-refractivity contribution is 0.372. The van der Waals surface area contributed by atoms with Crippen molar-refractivity contribution in [3.63, 3.8) is 0 Å². The number of phenolic OH excluding ortho intramolecular Hbond substituents is 1. The summed E-state index contributed by atoms with van der Waals surface area (Å²) in [6, 6.07) is 5.92. The first-order valence-corrected chi connectivity index (χ1v) is 6.99. The van der Waals surface area contributed by atoms with Crippen LogP contribution in [-0.2, 0) is 6.54 Å². The summed E-state index contributed by atoms with van der Waals surface area (Å²) in [6.07, 6.45) is 0. The van der Waals surface area contributed by atoms with E-state index in [1.54, 1.807) is 13.2 Å². The van der Waals surface area contributed by atoms with Crippen LogP contribution in [0.4, 0.5) is 0 Å². The summed E-state index contributed by atoms with van der Waals surface area (Å²) in [5.41, 5.74) is 1.12. The summed E-state index contributed by atoms with van der Waals surface area (Å²) in [5, 5.41) is 12.9. The van der Waals surface area contributed by atoms with E-state index in [1.165, 1.54) is 0 Å². The molecular weight excluding hydrogens is 234 g/mol. The molecule has 0 heterocycles. The molecule has 2 N–H and O–H groups in total. The normalized spacial score (nSPS) is 12.4.